The second-order valence-electron chi connectivity index (χ2n) is 5.77. The fourth-order valence-corrected chi connectivity index (χ4v) is 2.93. The molecule has 4 nitrogen and oxygen atoms in total. The van der Waals surface area contributed by atoms with Gasteiger partial charge in [0.1, 0.15) is 12.4 Å². The van der Waals surface area contributed by atoms with Gasteiger partial charge in [-0.2, -0.15) is 5.10 Å². The summed E-state index contributed by atoms with van der Waals surface area (Å²) in [7, 11) is 0. The maximum Gasteiger partial charge on any atom is 0.271 e. The third-order valence-electron chi connectivity index (χ3n) is 3.79. The third-order valence-corrected chi connectivity index (χ3v) is 4.63. The van der Waals surface area contributed by atoms with Gasteiger partial charge < -0.3 is 4.74 Å². The molecule has 1 N–H and O–H groups in total. The van der Waals surface area contributed by atoms with Gasteiger partial charge in [0.15, 0.2) is 0 Å². The third kappa shape index (κ3) is 5.49. The predicted molar refractivity (Wildman–Crippen MR) is 114 cm³/mol. The number of para-hydroxylation sites is 1. The van der Waals surface area contributed by atoms with Crippen LogP contribution in [-0.2, 0) is 6.61 Å². The summed E-state index contributed by atoms with van der Waals surface area (Å²) in [6.45, 7) is 0.276. The molecule has 0 heterocycles. The zero-order valence-corrected chi connectivity index (χ0v) is 16.8. The Bertz CT molecular complexity index is 1000. The van der Waals surface area contributed by atoms with Crippen molar-refractivity contribution in [1.82, 2.24) is 5.43 Å². The van der Waals surface area contributed by atoms with Crippen molar-refractivity contribution in [2.75, 3.05) is 0 Å². The van der Waals surface area contributed by atoms with Gasteiger partial charge in [-0.3, -0.25) is 4.79 Å². The molecule has 0 radical (unpaired) electrons. The summed E-state index contributed by atoms with van der Waals surface area (Å²) in [6, 6.07) is 19.1. The molecule has 0 fully saturated rings. The average Bonchev–Trinajstić information content (AvgIpc) is 2.68. The van der Waals surface area contributed by atoms with Crippen LogP contribution in [0.25, 0.3) is 0 Å². The van der Waals surface area contributed by atoms with Crippen LogP contribution in [0.3, 0.4) is 0 Å². The quantitative estimate of drug-likeness (QED) is 0.383. The van der Waals surface area contributed by atoms with Gasteiger partial charge >= 0.3 is 0 Å². The Balaban J connectivity index is 1.65. The molecular formula is C21H15Cl3N2O2. The van der Waals surface area contributed by atoms with Crippen LogP contribution >= 0.6 is 34.8 Å². The SMILES string of the molecule is O=C(N/N=C\c1ccccc1OCc1ccc(Cl)cc1Cl)c1ccc(Cl)cc1. The van der Waals surface area contributed by atoms with Crippen molar-refractivity contribution in [3.63, 3.8) is 0 Å². The van der Waals surface area contributed by atoms with Gasteiger partial charge in [0, 0.05) is 31.8 Å². The van der Waals surface area contributed by atoms with E-state index in [1.807, 2.05) is 30.3 Å². The molecule has 0 aromatic heterocycles. The largest absolute Gasteiger partial charge is 0.488 e. The first-order chi connectivity index (χ1) is 13.5. The molecule has 0 saturated heterocycles. The monoisotopic (exact) mass is 432 g/mol. The highest BCUT2D eigenvalue weighted by Crippen LogP contribution is 2.24. The zero-order valence-electron chi connectivity index (χ0n) is 14.5. The average molecular weight is 434 g/mol. The number of halogens is 3. The van der Waals surface area contributed by atoms with E-state index in [0.717, 1.165) is 5.56 Å². The Kier molecular flexibility index (Phi) is 6.93. The summed E-state index contributed by atoms with van der Waals surface area (Å²) in [6.07, 6.45) is 1.52. The maximum atomic E-state index is 12.1. The molecule has 7 heteroatoms. The molecule has 3 aromatic rings. The summed E-state index contributed by atoms with van der Waals surface area (Å²) in [5, 5.41) is 5.67. The zero-order chi connectivity index (χ0) is 19.9. The van der Waals surface area contributed by atoms with Crippen LogP contribution in [0.4, 0.5) is 0 Å². The molecule has 0 spiro atoms. The molecule has 3 aromatic carbocycles. The van der Waals surface area contributed by atoms with Crippen LogP contribution in [0.1, 0.15) is 21.5 Å². The Morgan fingerprint density at radius 1 is 0.964 bits per heavy atom. The first-order valence-corrected chi connectivity index (χ1v) is 9.41. The number of carbonyl (C=O) groups is 1. The van der Waals surface area contributed by atoms with Crippen LogP contribution in [0.15, 0.2) is 71.8 Å². The van der Waals surface area contributed by atoms with E-state index in [-0.39, 0.29) is 12.5 Å². The van der Waals surface area contributed by atoms with Gasteiger partial charge in [-0.1, -0.05) is 53.0 Å². The fourth-order valence-electron chi connectivity index (χ4n) is 2.34. The number of hydrogen-bond acceptors (Lipinski definition) is 3. The maximum absolute atomic E-state index is 12.1. The van der Waals surface area contributed by atoms with Crippen LogP contribution in [0.5, 0.6) is 5.75 Å². The fraction of sp³-hybridized carbons (Fsp3) is 0.0476. The predicted octanol–water partition coefficient (Wildman–Crippen LogP) is 5.99. The highest BCUT2D eigenvalue weighted by Gasteiger charge is 2.06. The summed E-state index contributed by atoms with van der Waals surface area (Å²) >= 11 is 17.9. The molecule has 3 rings (SSSR count). The van der Waals surface area contributed by atoms with E-state index in [0.29, 0.717) is 31.9 Å². The Labute approximate surface area is 177 Å². The van der Waals surface area contributed by atoms with Gasteiger partial charge in [-0.15, -0.1) is 0 Å². The summed E-state index contributed by atoms with van der Waals surface area (Å²) < 4.78 is 5.85. The highest BCUT2D eigenvalue weighted by molar-refractivity contribution is 6.35. The van der Waals surface area contributed by atoms with Gasteiger partial charge in [0.2, 0.25) is 0 Å². The Morgan fingerprint density at radius 2 is 1.68 bits per heavy atom. The number of ether oxygens (including phenoxy) is 1. The van der Waals surface area contributed by atoms with Gasteiger partial charge in [-0.25, -0.2) is 5.43 Å². The van der Waals surface area contributed by atoms with E-state index >= 15 is 0 Å². The van der Waals surface area contributed by atoms with E-state index < -0.39 is 0 Å². The number of nitrogens with zero attached hydrogens (tertiary/aromatic N) is 1. The van der Waals surface area contributed by atoms with E-state index in [2.05, 4.69) is 10.5 Å². The number of carbonyl (C=O) groups excluding carboxylic acids is 1. The standard InChI is InChI=1S/C21H15Cl3N2O2/c22-17-8-5-14(6-9-17)21(27)26-25-12-15-3-1-2-4-20(15)28-13-16-7-10-18(23)11-19(16)24/h1-12H,13H2,(H,26,27)/b25-12-. The van der Waals surface area contributed by atoms with Gasteiger partial charge in [0.25, 0.3) is 5.91 Å². The van der Waals surface area contributed by atoms with Crippen molar-refractivity contribution in [3.05, 3.63) is 98.5 Å². The second-order valence-corrected chi connectivity index (χ2v) is 7.05. The lowest BCUT2D eigenvalue weighted by molar-refractivity contribution is 0.0955. The smallest absolute Gasteiger partial charge is 0.271 e. The molecular weight excluding hydrogens is 419 g/mol. The first kappa shape index (κ1) is 20.2. The molecule has 28 heavy (non-hydrogen) atoms. The number of benzene rings is 3. The van der Waals surface area contributed by atoms with Crippen LogP contribution < -0.4 is 10.2 Å². The van der Waals surface area contributed by atoms with E-state index in [4.69, 9.17) is 39.5 Å². The molecule has 0 atom stereocenters. The molecule has 1 amide bonds. The normalized spacial score (nSPS) is 10.8. The molecule has 0 aliphatic carbocycles. The van der Waals surface area contributed by atoms with Crippen molar-refractivity contribution < 1.29 is 9.53 Å². The van der Waals surface area contributed by atoms with Crippen LogP contribution in [0.2, 0.25) is 15.1 Å². The number of rotatable bonds is 6. The first-order valence-electron chi connectivity index (χ1n) is 8.27. The minimum absolute atomic E-state index is 0.276. The van der Waals surface area contributed by atoms with Crippen LogP contribution in [0, 0.1) is 0 Å². The Hall–Kier alpha value is -2.53. The van der Waals surface area contributed by atoms with Crippen LogP contribution in [-0.4, -0.2) is 12.1 Å². The molecule has 142 valence electrons. The van der Waals surface area contributed by atoms with Gasteiger partial charge in [0.05, 0.1) is 6.21 Å². The number of nitrogens with one attached hydrogen (secondary N) is 1. The Morgan fingerprint density at radius 3 is 2.43 bits per heavy atom. The van der Waals surface area contributed by atoms with Crippen molar-refractivity contribution in [2.45, 2.75) is 6.61 Å². The van der Waals surface area contributed by atoms with E-state index in [1.54, 1.807) is 36.4 Å². The lowest BCUT2D eigenvalue weighted by Gasteiger charge is -2.10. The molecule has 0 aliphatic rings. The second kappa shape index (κ2) is 9.60. The molecule has 0 aliphatic heterocycles. The number of hydrazone groups is 1. The number of amides is 1. The van der Waals surface area contributed by atoms with Gasteiger partial charge in [-0.05, 0) is 48.5 Å². The lowest BCUT2D eigenvalue weighted by atomic mass is 10.2. The molecule has 0 saturated carbocycles. The minimum atomic E-state index is -0.334. The van der Waals surface area contributed by atoms with Crippen molar-refractivity contribution >= 4 is 46.9 Å². The summed E-state index contributed by atoms with van der Waals surface area (Å²) in [5.41, 5.74) is 4.47. The summed E-state index contributed by atoms with van der Waals surface area (Å²) in [5.74, 6) is 0.275. The minimum Gasteiger partial charge on any atom is -0.488 e. The molecule has 0 unspecified atom stereocenters. The van der Waals surface area contributed by atoms with Crippen molar-refractivity contribution in [1.29, 1.82) is 0 Å². The van der Waals surface area contributed by atoms with E-state index in [1.165, 1.54) is 6.21 Å². The lowest BCUT2D eigenvalue weighted by Crippen LogP contribution is -2.17. The van der Waals surface area contributed by atoms with E-state index in [9.17, 15) is 4.79 Å². The number of hydrogen-bond donors (Lipinski definition) is 1. The van der Waals surface area contributed by atoms with Crippen molar-refractivity contribution in [3.8, 4) is 5.75 Å². The topological polar surface area (TPSA) is 50.7 Å². The molecule has 0 bridgehead atoms. The summed E-state index contributed by atoms with van der Waals surface area (Å²) in [4.78, 5) is 12.1. The highest BCUT2D eigenvalue weighted by atomic mass is 35.5. The van der Waals surface area contributed by atoms with Crippen molar-refractivity contribution in [2.24, 2.45) is 5.10 Å².